The van der Waals surface area contributed by atoms with Gasteiger partial charge in [0, 0.05) is 5.56 Å². The molecule has 2 heterocycles. The average molecular weight is 541 g/mol. The maximum absolute atomic E-state index is 12.9. The van der Waals surface area contributed by atoms with E-state index in [0.717, 1.165) is 16.9 Å². The van der Waals surface area contributed by atoms with Crippen LogP contribution in [0, 0.1) is 19.3 Å². The molecule has 3 aromatic rings. The lowest BCUT2D eigenvalue weighted by atomic mass is 10.1. The third-order valence-electron chi connectivity index (χ3n) is 6.04. The van der Waals surface area contributed by atoms with Crippen LogP contribution < -0.4 is 14.2 Å². The van der Waals surface area contributed by atoms with Crippen molar-refractivity contribution in [2.45, 2.75) is 20.8 Å². The quantitative estimate of drug-likeness (QED) is 0.271. The lowest BCUT2D eigenvalue weighted by molar-refractivity contribution is -0.114. The van der Waals surface area contributed by atoms with Crippen LogP contribution in [0.1, 0.15) is 29.2 Å². The van der Waals surface area contributed by atoms with Crippen LogP contribution in [0.5, 0.6) is 17.2 Å². The Labute approximate surface area is 231 Å². The number of nitrogens with one attached hydrogen (secondary N) is 1. The zero-order chi connectivity index (χ0) is 27.4. The third-order valence-corrected chi connectivity index (χ3v) is 6.98. The number of hydrazone groups is 1. The summed E-state index contributed by atoms with van der Waals surface area (Å²) in [5.41, 5.74) is 4.02. The third kappa shape index (κ3) is 5.88. The summed E-state index contributed by atoms with van der Waals surface area (Å²) in [5.74, 6) is 1.39. The van der Waals surface area contributed by atoms with Crippen LogP contribution in [0.15, 0.2) is 82.4 Å². The molecule has 5 rings (SSSR count). The predicted octanol–water partition coefficient (Wildman–Crippen LogP) is 5.83. The number of nitrogens with zero attached hydrogens (tertiary/aromatic N) is 3. The average Bonchev–Trinajstić information content (AvgIpc) is 3.35. The summed E-state index contributed by atoms with van der Waals surface area (Å²) >= 11 is 1.29. The van der Waals surface area contributed by atoms with Gasteiger partial charge >= 0.3 is 0 Å². The Morgan fingerprint density at radius 1 is 0.949 bits per heavy atom. The number of carbonyl (C=O) groups excluding carboxylic acids is 1. The molecule has 9 heteroatoms. The molecule has 0 aliphatic carbocycles. The summed E-state index contributed by atoms with van der Waals surface area (Å²) in [6.07, 6.45) is 1.63. The fourth-order valence-corrected chi connectivity index (χ4v) is 5.01. The fourth-order valence-electron chi connectivity index (χ4n) is 4.03. The van der Waals surface area contributed by atoms with E-state index in [0.29, 0.717) is 47.1 Å². The van der Waals surface area contributed by atoms with E-state index in [-0.39, 0.29) is 11.4 Å². The summed E-state index contributed by atoms with van der Waals surface area (Å²) in [7, 11) is 0. The van der Waals surface area contributed by atoms with Gasteiger partial charge in [0.25, 0.3) is 5.91 Å². The van der Waals surface area contributed by atoms with E-state index in [1.165, 1.54) is 22.3 Å². The van der Waals surface area contributed by atoms with Crippen molar-refractivity contribution in [2.75, 3.05) is 19.8 Å². The molecule has 0 atom stereocenters. The molecule has 198 valence electrons. The zero-order valence-electron chi connectivity index (χ0n) is 21.9. The van der Waals surface area contributed by atoms with Crippen LogP contribution >= 0.6 is 11.8 Å². The number of hydrogen-bond acceptors (Lipinski definition) is 7. The Morgan fingerprint density at radius 2 is 1.72 bits per heavy atom. The van der Waals surface area contributed by atoms with E-state index in [4.69, 9.17) is 19.6 Å². The monoisotopic (exact) mass is 540 g/mol. The maximum Gasteiger partial charge on any atom is 0.283 e. The van der Waals surface area contributed by atoms with Crippen molar-refractivity contribution < 1.29 is 19.0 Å². The number of hydrogen-bond donors (Lipinski definition) is 1. The molecule has 3 aromatic carbocycles. The van der Waals surface area contributed by atoms with Gasteiger partial charge in [0.05, 0.1) is 12.2 Å². The van der Waals surface area contributed by atoms with Crippen LogP contribution in [0.3, 0.4) is 0 Å². The van der Waals surface area contributed by atoms with Gasteiger partial charge < -0.3 is 14.2 Å². The van der Waals surface area contributed by atoms with Crippen LogP contribution in [0.4, 0.5) is 0 Å². The second-order valence-corrected chi connectivity index (χ2v) is 9.85. The summed E-state index contributed by atoms with van der Waals surface area (Å²) < 4.78 is 17.4. The highest BCUT2D eigenvalue weighted by Gasteiger charge is 2.36. The standard InChI is InChI=1S/C30H28N4O4S/c1-4-36-26-18-21(11-14-25(26)38-16-15-37-22-12-9-19(2)10-13-22)17-24-27(31)34-30(32-28(24)35)39-29(33-34)23-8-6-5-7-20(23)3/h5-14,17-18,31H,4,15-16H2,1-3H3/b24-17-,31-27?. The predicted molar refractivity (Wildman–Crippen MR) is 155 cm³/mol. The number of benzene rings is 3. The number of amides is 1. The number of carbonyl (C=O) groups is 1. The summed E-state index contributed by atoms with van der Waals surface area (Å²) in [4.78, 5) is 17.1. The number of rotatable bonds is 9. The molecule has 0 saturated heterocycles. The Balaban J connectivity index is 1.31. The van der Waals surface area contributed by atoms with E-state index in [9.17, 15) is 4.79 Å². The lowest BCUT2D eigenvalue weighted by Crippen LogP contribution is -2.35. The smallest absolute Gasteiger partial charge is 0.283 e. The number of fused-ring (bicyclic) bond motifs is 1. The molecule has 1 amide bonds. The lowest BCUT2D eigenvalue weighted by Gasteiger charge is -2.20. The van der Waals surface area contributed by atoms with Gasteiger partial charge in [-0.05, 0) is 74.0 Å². The molecule has 0 radical (unpaired) electrons. The number of ether oxygens (including phenoxy) is 3. The van der Waals surface area contributed by atoms with E-state index in [1.54, 1.807) is 18.2 Å². The van der Waals surface area contributed by atoms with Gasteiger partial charge in [0.15, 0.2) is 17.3 Å². The highest BCUT2D eigenvalue weighted by Crippen LogP contribution is 2.33. The van der Waals surface area contributed by atoms with Gasteiger partial charge in [0.2, 0.25) is 5.17 Å². The molecular weight excluding hydrogens is 512 g/mol. The van der Waals surface area contributed by atoms with Crippen molar-refractivity contribution >= 4 is 39.8 Å². The Morgan fingerprint density at radius 3 is 2.49 bits per heavy atom. The van der Waals surface area contributed by atoms with Gasteiger partial charge in [-0.3, -0.25) is 10.2 Å². The molecule has 0 saturated carbocycles. The first kappa shape index (κ1) is 26.2. The molecule has 0 spiro atoms. The SMILES string of the molecule is CCOc1cc(/C=C2/C(=N)N3N=C(c4ccccc4C)SC3=NC2=O)ccc1OCCOc1ccc(C)cc1. The van der Waals surface area contributed by atoms with Gasteiger partial charge in [0.1, 0.15) is 24.0 Å². The first-order valence-corrected chi connectivity index (χ1v) is 13.4. The number of aliphatic imine (C=N–C) groups is 1. The summed E-state index contributed by atoms with van der Waals surface area (Å²) in [5, 5.41) is 15.8. The van der Waals surface area contributed by atoms with E-state index in [2.05, 4.69) is 10.1 Å². The highest BCUT2D eigenvalue weighted by molar-refractivity contribution is 8.27. The van der Waals surface area contributed by atoms with Crippen molar-refractivity contribution in [3.05, 3.63) is 94.6 Å². The minimum Gasteiger partial charge on any atom is -0.490 e. The van der Waals surface area contributed by atoms with Crippen molar-refractivity contribution in [1.29, 1.82) is 5.41 Å². The van der Waals surface area contributed by atoms with Crippen molar-refractivity contribution in [2.24, 2.45) is 10.1 Å². The van der Waals surface area contributed by atoms with Crippen LogP contribution in [-0.4, -0.2) is 46.8 Å². The van der Waals surface area contributed by atoms with E-state index < -0.39 is 5.91 Å². The Kier molecular flexibility index (Phi) is 7.79. The fraction of sp³-hybridized carbons (Fsp3) is 0.200. The molecule has 2 aliphatic heterocycles. The topological polar surface area (TPSA) is 96.6 Å². The molecule has 39 heavy (non-hydrogen) atoms. The van der Waals surface area contributed by atoms with Gasteiger partial charge in [-0.2, -0.15) is 15.1 Å². The molecule has 0 unspecified atom stereocenters. The number of aryl methyl sites for hydroxylation is 2. The minimum absolute atomic E-state index is 0.0207. The number of amidine groups is 2. The van der Waals surface area contributed by atoms with Crippen molar-refractivity contribution in [3.63, 3.8) is 0 Å². The van der Waals surface area contributed by atoms with Crippen LogP contribution in [0.25, 0.3) is 6.08 Å². The number of thioether (sulfide) groups is 1. The van der Waals surface area contributed by atoms with Crippen molar-refractivity contribution in [3.8, 4) is 17.2 Å². The highest BCUT2D eigenvalue weighted by atomic mass is 32.2. The Bertz CT molecular complexity index is 1510. The second kappa shape index (κ2) is 11.6. The molecule has 1 N–H and O–H groups in total. The molecule has 0 fully saturated rings. The summed E-state index contributed by atoms with van der Waals surface area (Å²) in [6, 6.07) is 21.1. The normalized spacial score (nSPS) is 15.7. The first-order valence-electron chi connectivity index (χ1n) is 12.6. The first-order chi connectivity index (χ1) is 18.9. The minimum atomic E-state index is -0.480. The zero-order valence-corrected chi connectivity index (χ0v) is 22.7. The van der Waals surface area contributed by atoms with Crippen LogP contribution in [-0.2, 0) is 4.79 Å². The largest absolute Gasteiger partial charge is 0.490 e. The van der Waals surface area contributed by atoms with E-state index >= 15 is 0 Å². The summed E-state index contributed by atoms with van der Waals surface area (Å²) in [6.45, 7) is 7.08. The molecule has 8 nitrogen and oxygen atoms in total. The second-order valence-electron chi connectivity index (χ2n) is 8.89. The van der Waals surface area contributed by atoms with Crippen molar-refractivity contribution in [1.82, 2.24) is 5.01 Å². The molecule has 0 aromatic heterocycles. The molecule has 0 bridgehead atoms. The van der Waals surface area contributed by atoms with Gasteiger partial charge in [-0.25, -0.2) is 0 Å². The van der Waals surface area contributed by atoms with Gasteiger partial charge in [-0.15, -0.1) is 0 Å². The van der Waals surface area contributed by atoms with E-state index in [1.807, 2.05) is 75.4 Å². The van der Waals surface area contributed by atoms with Gasteiger partial charge in [-0.1, -0.05) is 48.0 Å². The molecule has 2 aliphatic rings. The van der Waals surface area contributed by atoms with Crippen LogP contribution in [0.2, 0.25) is 0 Å². The molecular formula is C30H28N4O4S. The maximum atomic E-state index is 12.9. The Hall–Kier alpha value is -4.37.